The van der Waals surface area contributed by atoms with Gasteiger partial charge < -0.3 is 4.74 Å². The van der Waals surface area contributed by atoms with Crippen LogP contribution in [-0.2, 0) is 9.53 Å². The minimum Gasteiger partial charge on any atom is -0.426 e. The molecule has 0 aliphatic carbocycles. The number of carbonyl (C=O) groups excluding carboxylic acids is 1. The highest BCUT2D eigenvalue weighted by Gasteiger charge is 2.07. The van der Waals surface area contributed by atoms with Crippen molar-refractivity contribution in [3.05, 3.63) is 42.0 Å². The minimum absolute atomic E-state index is 0.154. The van der Waals surface area contributed by atoms with Crippen molar-refractivity contribution < 1.29 is 9.53 Å². The Balaban J connectivity index is 2.61. The molecule has 0 saturated carbocycles. The van der Waals surface area contributed by atoms with Gasteiger partial charge in [-0.2, -0.15) is 0 Å². The maximum atomic E-state index is 11.5. The molecule has 0 saturated heterocycles. The highest BCUT2D eigenvalue weighted by molar-refractivity contribution is 5.77. The van der Waals surface area contributed by atoms with Crippen molar-refractivity contribution in [3.8, 4) is 0 Å². The van der Waals surface area contributed by atoms with E-state index in [0.29, 0.717) is 12.2 Å². The normalized spacial score (nSPS) is 11.2. The number of hydrogen-bond donors (Lipinski definition) is 0. The van der Waals surface area contributed by atoms with Gasteiger partial charge in [-0.05, 0) is 19.4 Å². The first-order valence-corrected chi connectivity index (χ1v) is 5.70. The van der Waals surface area contributed by atoms with Crippen LogP contribution in [0.3, 0.4) is 0 Å². The molecule has 0 spiro atoms. The molecule has 1 aromatic rings. The first-order valence-electron chi connectivity index (χ1n) is 5.70. The predicted octanol–water partition coefficient (Wildman–Crippen LogP) is 3.78. The summed E-state index contributed by atoms with van der Waals surface area (Å²) in [7, 11) is 0. The Morgan fingerprint density at radius 1 is 1.31 bits per heavy atom. The molecule has 2 heteroatoms. The molecule has 0 heterocycles. The Labute approximate surface area is 96.9 Å². The van der Waals surface area contributed by atoms with E-state index in [-0.39, 0.29) is 5.97 Å². The van der Waals surface area contributed by atoms with Crippen molar-refractivity contribution in [2.45, 2.75) is 33.1 Å². The van der Waals surface area contributed by atoms with Gasteiger partial charge >= 0.3 is 5.97 Å². The van der Waals surface area contributed by atoms with Gasteiger partial charge in [-0.3, -0.25) is 4.79 Å². The van der Waals surface area contributed by atoms with Crippen LogP contribution in [0.1, 0.15) is 38.7 Å². The van der Waals surface area contributed by atoms with Gasteiger partial charge in [0.15, 0.2) is 0 Å². The number of benzene rings is 1. The lowest BCUT2D eigenvalue weighted by Gasteiger charge is -2.08. The first-order chi connectivity index (χ1) is 7.77. The van der Waals surface area contributed by atoms with Crippen LogP contribution in [-0.4, -0.2) is 5.97 Å². The molecule has 0 fully saturated rings. The number of ether oxygens (including phenoxy) is 1. The van der Waals surface area contributed by atoms with Crippen molar-refractivity contribution in [3.63, 3.8) is 0 Å². The summed E-state index contributed by atoms with van der Waals surface area (Å²) in [5.41, 5.74) is 0.940. The van der Waals surface area contributed by atoms with Crippen LogP contribution >= 0.6 is 0 Å². The predicted molar refractivity (Wildman–Crippen MR) is 65.7 cm³/mol. The lowest BCUT2D eigenvalue weighted by molar-refractivity contribution is -0.136. The third-order valence-electron chi connectivity index (χ3n) is 2.28. The summed E-state index contributed by atoms with van der Waals surface area (Å²) in [6.07, 6.45) is 4.19. The van der Waals surface area contributed by atoms with Gasteiger partial charge in [0.2, 0.25) is 0 Å². The molecule has 0 radical (unpaired) electrons. The Hall–Kier alpha value is -1.57. The van der Waals surface area contributed by atoms with Crippen LogP contribution in [0.2, 0.25) is 0 Å². The second-order valence-electron chi connectivity index (χ2n) is 3.60. The van der Waals surface area contributed by atoms with Crippen LogP contribution in [0.4, 0.5) is 0 Å². The van der Waals surface area contributed by atoms with E-state index >= 15 is 0 Å². The van der Waals surface area contributed by atoms with Crippen molar-refractivity contribution in [2.75, 3.05) is 0 Å². The summed E-state index contributed by atoms with van der Waals surface area (Å²) < 4.78 is 5.31. The van der Waals surface area contributed by atoms with Gasteiger partial charge in [0.25, 0.3) is 0 Å². The zero-order valence-corrected chi connectivity index (χ0v) is 9.90. The fourth-order valence-electron chi connectivity index (χ4n) is 1.38. The standard InChI is InChI=1S/C14H18O2/c1-3-5-11-14(15)16-13(4-2)12-9-7-6-8-10-12/h4,6-10H,3,5,11H2,1-2H3. The molecule has 86 valence electrons. The molecule has 0 amide bonds. The van der Waals surface area contributed by atoms with E-state index in [1.54, 1.807) is 0 Å². The monoisotopic (exact) mass is 218 g/mol. The molecule has 0 atom stereocenters. The van der Waals surface area contributed by atoms with E-state index in [1.807, 2.05) is 43.3 Å². The molecule has 0 aliphatic rings. The average molecular weight is 218 g/mol. The molecule has 16 heavy (non-hydrogen) atoms. The summed E-state index contributed by atoms with van der Waals surface area (Å²) >= 11 is 0. The van der Waals surface area contributed by atoms with E-state index in [0.717, 1.165) is 18.4 Å². The molecule has 1 aromatic carbocycles. The summed E-state index contributed by atoms with van der Waals surface area (Å²) in [6, 6.07) is 9.66. The molecule has 0 bridgehead atoms. The molecular weight excluding hydrogens is 200 g/mol. The number of unbranched alkanes of at least 4 members (excludes halogenated alkanes) is 1. The SMILES string of the molecule is CC=C(OC(=O)CCCC)c1ccccc1. The second-order valence-corrected chi connectivity index (χ2v) is 3.60. The van der Waals surface area contributed by atoms with Crippen LogP contribution < -0.4 is 0 Å². The lowest BCUT2D eigenvalue weighted by atomic mass is 10.2. The third-order valence-corrected chi connectivity index (χ3v) is 2.28. The lowest BCUT2D eigenvalue weighted by Crippen LogP contribution is -2.03. The van der Waals surface area contributed by atoms with Gasteiger partial charge in [0.05, 0.1) is 0 Å². The minimum atomic E-state index is -0.154. The number of allylic oxidation sites excluding steroid dienone is 1. The zero-order chi connectivity index (χ0) is 11.8. The summed E-state index contributed by atoms with van der Waals surface area (Å²) in [6.45, 7) is 3.93. The van der Waals surface area contributed by atoms with Gasteiger partial charge in [-0.25, -0.2) is 0 Å². The van der Waals surface area contributed by atoms with Gasteiger partial charge in [-0.1, -0.05) is 43.7 Å². The second kappa shape index (κ2) is 6.83. The maximum absolute atomic E-state index is 11.5. The van der Waals surface area contributed by atoms with Crippen molar-refractivity contribution in [2.24, 2.45) is 0 Å². The molecule has 0 aliphatic heterocycles. The van der Waals surface area contributed by atoms with Gasteiger partial charge in [0, 0.05) is 12.0 Å². The van der Waals surface area contributed by atoms with E-state index in [9.17, 15) is 4.79 Å². The fraction of sp³-hybridized carbons (Fsp3) is 0.357. The van der Waals surface area contributed by atoms with Crippen molar-refractivity contribution in [1.29, 1.82) is 0 Å². The molecule has 0 N–H and O–H groups in total. The van der Waals surface area contributed by atoms with Crippen LogP contribution in [0, 0.1) is 0 Å². The molecule has 1 rings (SSSR count). The Morgan fingerprint density at radius 3 is 2.56 bits per heavy atom. The quantitative estimate of drug-likeness (QED) is 0.555. The highest BCUT2D eigenvalue weighted by Crippen LogP contribution is 2.16. The molecular formula is C14H18O2. The highest BCUT2D eigenvalue weighted by atomic mass is 16.5. The van der Waals surface area contributed by atoms with E-state index < -0.39 is 0 Å². The number of carbonyl (C=O) groups is 1. The van der Waals surface area contributed by atoms with E-state index in [2.05, 4.69) is 6.92 Å². The smallest absolute Gasteiger partial charge is 0.311 e. The number of esters is 1. The first kappa shape index (κ1) is 12.5. The average Bonchev–Trinajstić information content (AvgIpc) is 2.34. The largest absolute Gasteiger partial charge is 0.426 e. The van der Waals surface area contributed by atoms with Crippen molar-refractivity contribution >= 4 is 11.7 Å². The molecule has 2 nitrogen and oxygen atoms in total. The summed E-state index contributed by atoms with van der Waals surface area (Å²) in [4.78, 5) is 11.5. The number of rotatable bonds is 5. The maximum Gasteiger partial charge on any atom is 0.311 e. The summed E-state index contributed by atoms with van der Waals surface area (Å²) in [5, 5.41) is 0. The fourth-order valence-corrected chi connectivity index (χ4v) is 1.38. The summed E-state index contributed by atoms with van der Waals surface area (Å²) in [5.74, 6) is 0.487. The van der Waals surface area contributed by atoms with Crippen LogP contribution in [0.5, 0.6) is 0 Å². The van der Waals surface area contributed by atoms with Gasteiger partial charge in [0.1, 0.15) is 5.76 Å². The molecule has 0 aromatic heterocycles. The number of hydrogen-bond acceptors (Lipinski definition) is 2. The zero-order valence-electron chi connectivity index (χ0n) is 9.90. The van der Waals surface area contributed by atoms with Crippen LogP contribution in [0.25, 0.3) is 5.76 Å². The van der Waals surface area contributed by atoms with E-state index in [1.165, 1.54) is 0 Å². The Bertz CT molecular complexity index is 352. The third kappa shape index (κ3) is 3.89. The van der Waals surface area contributed by atoms with Gasteiger partial charge in [-0.15, -0.1) is 0 Å². The Morgan fingerprint density at radius 2 is 2.00 bits per heavy atom. The van der Waals surface area contributed by atoms with Crippen LogP contribution in [0.15, 0.2) is 36.4 Å². The van der Waals surface area contributed by atoms with Crippen molar-refractivity contribution in [1.82, 2.24) is 0 Å². The topological polar surface area (TPSA) is 26.3 Å². The van der Waals surface area contributed by atoms with E-state index in [4.69, 9.17) is 4.74 Å². The molecule has 0 unspecified atom stereocenters. The Kier molecular flexibility index (Phi) is 5.34.